The number of piperazine rings is 1. The minimum absolute atomic E-state index is 0.101. The predicted octanol–water partition coefficient (Wildman–Crippen LogP) is 4.51. The average molecular weight is 795 g/mol. The number of carbonyl (C=O) groups is 4. The number of nitrogen functional groups attached to an aromatic ring is 1. The second-order valence-corrected chi connectivity index (χ2v) is 16.4. The first-order valence-electron chi connectivity index (χ1n) is 20.7. The molecule has 5 aromatic rings. The minimum atomic E-state index is -0.961. The van der Waals surface area contributed by atoms with Gasteiger partial charge in [-0.2, -0.15) is 5.10 Å². The minimum Gasteiger partial charge on any atom is -0.457 e. The number of carbonyl (C=O) groups excluding carboxylic acids is 4. The number of piperidine rings is 1. The van der Waals surface area contributed by atoms with Crippen LogP contribution in [-0.2, 0) is 9.59 Å². The summed E-state index contributed by atoms with van der Waals surface area (Å²) in [7, 11) is 0. The van der Waals surface area contributed by atoms with Gasteiger partial charge in [0.15, 0.2) is 5.65 Å². The number of para-hydroxylation sites is 1. The number of rotatable bonds is 9. The molecule has 3 saturated heterocycles. The van der Waals surface area contributed by atoms with Gasteiger partial charge in [-0.15, -0.1) is 0 Å². The number of imide groups is 2. The maximum absolute atomic E-state index is 13.3. The predicted molar refractivity (Wildman–Crippen MR) is 220 cm³/mol. The van der Waals surface area contributed by atoms with Crippen molar-refractivity contribution in [2.45, 2.75) is 56.7 Å². The van der Waals surface area contributed by atoms with Crippen LogP contribution in [0.25, 0.3) is 22.3 Å². The second kappa shape index (κ2) is 15.2. The third-order valence-electron chi connectivity index (χ3n) is 12.8. The molecule has 1 saturated carbocycles. The number of aromatic nitrogens is 4. The smallest absolute Gasteiger partial charge is 0.262 e. The van der Waals surface area contributed by atoms with Crippen LogP contribution in [0.4, 0.5) is 11.5 Å². The summed E-state index contributed by atoms with van der Waals surface area (Å²) in [6.45, 7) is 7.00. The SMILES string of the molecule is Nc1ncnc2c1c(-c1ccc(Oc3ccccc3)cc1)nn2C1CCC(N2CCN(CC3CN(c4ccc5c(c4)C(=O)N(C4CCC(=O)NC4=O)C5=O)C3)CC2)CC1. The number of benzene rings is 3. The summed E-state index contributed by atoms with van der Waals surface area (Å²) >= 11 is 0. The normalized spacial score (nSPS) is 23.1. The zero-order valence-corrected chi connectivity index (χ0v) is 32.7. The summed E-state index contributed by atoms with van der Waals surface area (Å²) in [5.74, 6) is 0.553. The lowest BCUT2D eigenvalue weighted by molar-refractivity contribution is -0.136. The molecule has 0 bridgehead atoms. The van der Waals surface area contributed by atoms with Gasteiger partial charge in [0, 0.05) is 75.4 Å². The fraction of sp³-hybridized carbons (Fsp3) is 0.386. The van der Waals surface area contributed by atoms with Crippen LogP contribution in [0.2, 0.25) is 0 Å². The van der Waals surface area contributed by atoms with E-state index in [0.717, 1.165) is 116 Å². The van der Waals surface area contributed by atoms with Crippen LogP contribution in [0.3, 0.4) is 0 Å². The van der Waals surface area contributed by atoms with E-state index in [9.17, 15) is 19.2 Å². The quantitative estimate of drug-likeness (QED) is 0.201. The first-order valence-corrected chi connectivity index (χ1v) is 20.7. The number of amides is 4. The molecule has 3 aromatic carbocycles. The van der Waals surface area contributed by atoms with Crippen molar-refractivity contribution in [1.82, 2.24) is 39.8 Å². The van der Waals surface area contributed by atoms with E-state index >= 15 is 0 Å². The van der Waals surface area contributed by atoms with Gasteiger partial charge in [0.1, 0.15) is 35.4 Å². The molecule has 0 radical (unpaired) electrons. The van der Waals surface area contributed by atoms with Crippen molar-refractivity contribution < 1.29 is 23.9 Å². The lowest BCUT2D eigenvalue weighted by atomic mass is 9.89. The van der Waals surface area contributed by atoms with Gasteiger partial charge < -0.3 is 20.3 Å². The molecule has 15 heteroatoms. The molecule has 1 atom stereocenters. The lowest BCUT2D eigenvalue weighted by Crippen LogP contribution is -2.56. The van der Waals surface area contributed by atoms with E-state index in [1.54, 1.807) is 12.1 Å². The van der Waals surface area contributed by atoms with Gasteiger partial charge in [-0.25, -0.2) is 14.6 Å². The van der Waals surface area contributed by atoms with E-state index in [1.807, 2.05) is 60.7 Å². The van der Waals surface area contributed by atoms with Crippen LogP contribution in [-0.4, -0.2) is 116 Å². The Kier molecular flexibility index (Phi) is 9.56. The van der Waals surface area contributed by atoms with Crippen molar-refractivity contribution in [3.63, 3.8) is 0 Å². The van der Waals surface area contributed by atoms with Crippen LogP contribution in [0.15, 0.2) is 79.1 Å². The third-order valence-corrected chi connectivity index (χ3v) is 12.8. The molecule has 302 valence electrons. The molecule has 6 heterocycles. The van der Waals surface area contributed by atoms with E-state index in [1.165, 1.54) is 6.33 Å². The molecule has 3 N–H and O–H groups in total. The zero-order chi connectivity index (χ0) is 40.2. The van der Waals surface area contributed by atoms with Crippen LogP contribution in [0.1, 0.15) is 65.3 Å². The summed E-state index contributed by atoms with van der Waals surface area (Å²) in [5.41, 5.74) is 10.5. The van der Waals surface area contributed by atoms with Gasteiger partial charge in [0.25, 0.3) is 11.8 Å². The number of fused-ring (bicyclic) bond motifs is 2. The van der Waals surface area contributed by atoms with E-state index in [4.69, 9.17) is 15.6 Å². The van der Waals surface area contributed by atoms with Gasteiger partial charge in [-0.05, 0) is 86.7 Å². The monoisotopic (exact) mass is 794 g/mol. The van der Waals surface area contributed by atoms with Crippen LogP contribution in [0, 0.1) is 5.92 Å². The molecule has 4 aliphatic heterocycles. The summed E-state index contributed by atoms with van der Waals surface area (Å²) in [5, 5.41) is 8.17. The summed E-state index contributed by atoms with van der Waals surface area (Å²) in [6, 6.07) is 22.8. The molecular formula is C44H46N10O5. The van der Waals surface area contributed by atoms with E-state index in [0.29, 0.717) is 28.9 Å². The molecule has 1 aliphatic carbocycles. The lowest BCUT2D eigenvalue weighted by Gasteiger charge is -2.46. The standard InChI is InChI=1S/C44H46N10O5/c45-40-38-39(28-6-13-33(14-7-28)59-32-4-2-1-3-5-32)49-54(41(38)47-26-46-40)30-10-8-29(9-11-30)51-20-18-50(19-21-51)23-27-24-52(25-27)31-12-15-34-35(22-31)44(58)53(43(34)57)36-16-17-37(55)48-42(36)56/h1-7,12-15,22,26-27,29-30,36H,8-11,16-21,23-25H2,(H2,45,46,47)(H,48,55,56). The van der Waals surface area contributed by atoms with Crippen molar-refractivity contribution in [3.05, 3.63) is 90.3 Å². The van der Waals surface area contributed by atoms with Crippen molar-refractivity contribution in [2.75, 3.05) is 56.4 Å². The first kappa shape index (κ1) is 37.1. The first-order chi connectivity index (χ1) is 28.8. The third kappa shape index (κ3) is 6.97. The highest BCUT2D eigenvalue weighted by Gasteiger charge is 2.45. The maximum atomic E-state index is 13.3. The Morgan fingerprint density at radius 2 is 1.47 bits per heavy atom. The fourth-order valence-electron chi connectivity index (χ4n) is 9.65. The van der Waals surface area contributed by atoms with E-state index in [-0.39, 0.29) is 24.8 Å². The Bertz CT molecular complexity index is 2430. The number of anilines is 2. The van der Waals surface area contributed by atoms with Crippen molar-refractivity contribution >= 4 is 46.2 Å². The van der Waals surface area contributed by atoms with Gasteiger partial charge in [0.05, 0.1) is 22.6 Å². The molecule has 10 rings (SSSR count). The van der Waals surface area contributed by atoms with Crippen molar-refractivity contribution in [1.29, 1.82) is 0 Å². The highest BCUT2D eigenvalue weighted by molar-refractivity contribution is 6.23. The van der Waals surface area contributed by atoms with Crippen molar-refractivity contribution in [2.24, 2.45) is 5.92 Å². The van der Waals surface area contributed by atoms with Gasteiger partial charge in [0.2, 0.25) is 11.8 Å². The highest BCUT2D eigenvalue weighted by atomic mass is 16.5. The Balaban J connectivity index is 0.710. The Hall–Kier alpha value is -6.19. The van der Waals surface area contributed by atoms with Gasteiger partial charge in [-0.1, -0.05) is 18.2 Å². The number of hydrogen-bond donors (Lipinski definition) is 2. The Morgan fingerprint density at radius 1 is 0.763 bits per heavy atom. The molecule has 0 spiro atoms. The highest BCUT2D eigenvalue weighted by Crippen LogP contribution is 2.38. The summed E-state index contributed by atoms with van der Waals surface area (Å²) < 4.78 is 8.10. The van der Waals surface area contributed by atoms with Gasteiger partial charge >= 0.3 is 0 Å². The largest absolute Gasteiger partial charge is 0.457 e. The fourth-order valence-corrected chi connectivity index (χ4v) is 9.65. The van der Waals surface area contributed by atoms with Gasteiger partial charge in [-0.3, -0.25) is 34.3 Å². The molecule has 4 amide bonds. The second-order valence-electron chi connectivity index (χ2n) is 16.4. The molecule has 4 fully saturated rings. The van der Waals surface area contributed by atoms with Crippen LogP contribution < -0.4 is 20.7 Å². The van der Waals surface area contributed by atoms with E-state index < -0.39 is 23.8 Å². The summed E-state index contributed by atoms with van der Waals surface area (Å²) in [6.07, 6.45) is 6.02. The number of nitrogens with zero attached hydrogens (tertiary/aromatic N) is 8. The number of nitrogens with one attached hydrogen (secondary N) is 1. The number of nitrogens with two attached hydrogens (primary N) is 1. The average Bonchev–Trinajstić information content (AvgIpc) is 3.75. The molecule has 15 nitrogen and oxygen atoms in total. The molecule has 5 aliphatic rings. The number of ether oxygens (including phenoxy) is 1. The van der Waals surface area contributed by atoms with Crippen LogP contribution in [0.5, 0.6) is 11.5 Å². The topological polar surface area (TPSA) is 172 Å². The Morgan fingerprint density at radius 3 is 2.22 bits per heavy atom. The molecule has 59 heavy (non-hydrogen) atoms. The molecule has 2 aromatic heterocycles. The number of hydrogen-bond acceptors (Lipinski definition) is 12. The zero-order valence-electron chi connectivity index (χ0n) is 32.7. The molecule has 1 unspecified atom stereocenters. The maximum Gasteiger partial charge on any atom is 0.262 e. The van der Waals surface area contributed by atoms with E-state index in [2.05, 4.69) is 34.7 Å². The van der Waals surface area contributed by atoms with Crippen LogP contribution >= 0.6 is 0 Å². The Labute approximate surface area is 341 Å². The van der Waals surface area contributed by atoms with Crippen molar-refractivity contribution in [3.8, 4) is 22.8 Å². The summed E-state index contributed by atoms with van der Waals surface area (Å²) in [4.78, 5) is 68.0. The molecular weight excluding hydrogens is 749 g/mol.